The van der Waals surface area contributed by atoms with Gasteiger partial charge in [0.25, 0.3) is 5.91 Å². The SMILES string of the molecule is O=C(O)Cn1nccc1C(=O)NCCc1ccccc1. The first-order valence-corrected chi connectivity index (χ1v) is 6.22. The summed E-state index contributed by atoms with van der Waals surface area (Å²) in [5.74, 6) is -1.35. The smallest absolute Gasteiger partial charge is 0.325 e. The summed E-state index contributed by atoms with van der Waals surface area (Å²) in [6, 6.07) is 11.3. The van der Waals surface area contributed by atoms with E-state index in [0.717, 1.165) is 12.0 Å². The Morgan fingerprint density at radius 3 is 2.65 bits per heavy atom. The van der Waals surface area contributed by atoms with Crippen molar-refractivity contribution in [2.45, 2.75) is 13.0 Å². The molecule has 2 N–H and O–H groups in total. The quantitative estimate of drug-likeness (QED) is 0.820. The number of carboxylic acids is 1. The monoisotopic (exact) mass is 273 g/mol. The molecule has 1 heterocycles. The van der Waals surface area contributed by atoms with E-state index in [-0.39, 0.29) is 18.1 Å². The maximum atomic E-state index is 11.9. The number of hydrogen-bond acceptors (Lipinski definition) is 3. The highest BCUT2D eigenvalue weighted by atomic mass is 16.4. The average Bonchev–Trinajstić information content (AvgIpc) is 2.87. The Labute approximate surface area is 116 Å². The summed E-state index contributed by atoms with van der Waals surface area (Å²) < 4.78 is 1.17. The fourth-order valence-electron chi connectivity index (χ4n) is 1.84. The summed E-state index contributed by atoms with van der Waals surface area (Å²) in [6.07, 6.45) is 2.13. The molecule has 0 bridgehead atoms. The Kier molecular flexibility index (Phi) is 4.49. The van der Waals surface area contributed by atoms with E-state index in [4.69, 9.17) is 5.11 Å². The Balaban J connectivity index is 1.89. The van der Waals surface area contributed by atoms with Gasteiger partial charge in [0.1, 0.15) is 12.2 Å². The van der Waals surface area contributed by atoms with Crippen LogP contribution in [0.5, 0.6) is 0 Å². The van der Waals surface area contributed by atoms with Crippen molar-refractivity contribution in [3.8, 4) is 0 Å². The maximum Gasteiger partial charge on any atom is 0.325 e. The third-order valence-corrected chi connectivity index (χ3v) is 2.78. The number of aliphatic carboxylic acids is 1. The second kappa shape index (κ2) is 6.51. The molecule has 0 radical (unpaired) electrons. The Bertz CT molecular complexity index is 593. The number of nitrogens with one attached hydrogen (secondary N) is 1. The van der Waals surface area contributed by atoms with Crippen molar-refractivity contribution in [3.05, 3.63) is 53.9 Å². The number of carboxylic acid groups (broad SMARTS) is 1. The Morgan fingerprint density at radius 2 is 1.95 bits per heavy atom. The molecule has 1 aromatic carbocycles. The van der Waals surface area contributed by atoms with Gasteiger partial charge in [0.05, 0.1) is 0 Å². The van der Waals surface area contributed by atoms with Crippen molar-refractivity contribution in [3.63, 3.8) is 0 Å². The van der Waals surface area contributed by atoms with Crippen LogP contribution in [-0.2, 0) is 17.8 Å². The molecule has 0 aliphatic carbocycles. The molecule has 1 amide bonds. The molecular weight excluding hydrogens is 258 g/mol. The van der Waals surface area contributed by atoms with Crippen LogP contribution in [0.15, 0.2) is 42.6 Å². The second-order valence-corrected chi connectivity index (χ2v) is 4.26. The number of nitrogens with zero attached hydrogens (tertiary/aromatic N) is 2. The predicted molar refractivity (Wildman–Crippen MR) is 72.3 cm³/mol. The van der Waals surface area contributed by atoms with E-state index < -0.39 is 5.97 Å². The molecule has 0 aliphatic rings. The van der Waals surface area contributed by atoms with Gasteiger partial charge in [-0.1, -0.05) is 30.3 Å². The van der Waals surface area contributed by atoms with Crippen molar-refractivity contribution < 1.29 is 14.7 Å². The molecule has 20 heavy (non-hydrogen) atoms. The van der Waals surface area contributed by atoms with Crippen molar-refractivity contribution in [1.82, 2.24) is 15.1 Å². The predicted octanol–water partition coefficient (Wildman–Crippen LogP) is 0.940. The van der Waals surface area contributed by atoms with Crippen LogP contribution in [0.25, 0.3) is 0 Å². The van der Waals surface area contributed by atoms with Crippen LogP contribution < -0.4 is 5.32 Å². The van der Waals surface area contributed by atoms with Gasteiger partial charge in [-0.05, 0) is 18.1 Å². The van der Waals surface area contributed by atoms with Gasteiger partial charge in [0.2, 0.25) is 0 Å². The van der Waals surface area contributed by atoms with Crippen LogP contribution >= 0.6 is 0 Å². The lowest BCUT2D eigenvalue weighted by molar-refractivity contribution is -0.137. The fourth-order valence-corrected chi connectivity index (χ4v) is 1.84. The van der Waals surface area contributed by atoms with Crippen LogP contribution in [0.3, 0.4) is 0 Å². The van der Waals surface area contributed by atoms with E-state index in [0.29, 0.717) is 6.54 Å². The normalized spacial score (nSPS) is 10.2. The van der Waals surface area contributed by atoms with Gasteiger partial charge in [-0.3, -0.25) is 9.59 Å². The zero-order valence-corrected chi connectivity index (χ0v) is 10.8. The molecule has 0 atom stereocenters. The van der Waals surface area contributed by atoms with Crippen LogP contribution in [0.4, 0.5) is 0 Å². The first-order chi connectivity index (χ1) is 9.66. The lowest BCUT2D eigenvalue weighted by atomic mass is 10.1. The summed E-state index contributed by atoms with van der Waals surface area (Å²) in [5.41, 5.74) is 1.38. The minimum absolute atomic E-state index is 0.250. The molecule has 2 rings (SSSR count). The van der Waals surface area contributed by atoms with E-state index in [1.165, 1.54) is 16.9 Å². The number of aromatic nitrogens is 2. The lowest BCUT2D eigenvalue weighted by Crippen LogP contribution is -2.29. The molecule has 0 fully saturated rings. The van der Waals surface area contributed by atoms with Crippen LogP contribution in [-0.4, -0.2) is 33.3 Å². The third-order valence-electron chi connectivity index (χ3n) is 2.78. The number of carbonyl (C=O) groups is 2. The average molecular weight is 273 g/mol. The highest BCUT2D eigenvalue weighted by Gasteiger charge is 2.13. The van der Waals surface area contributed by atoms with Gasteiger partial charge < -0.3 is 10.4 Å². The first-order valence-electron chi connectivity index (χ1n) is 6.22. The van der Waals surface area contributed by atoms with E-state index in [1.807, 2.05) is 30.3 Å². The molecular formula is C14H15N3O3. The number of rotatable bonds is 6. The van der Waals surface area contributed by atoms with Crippen molar-refractivity contribution >= 4 is 11.9 Å². The van der Waals surface area contributed by atoms with Crippen LogP contribution in [0, 0.1) is 0 Å². The first kappa shape index (κ1) is 13.8. The second-order valence-electron chi connectivity index (χ2n) is 4.26. The molecule has 6 heteroatoms. The number of carbonyl (C=O) groups excluding carboxylic acids is 1. The summed E-state index contributed by atoms with van der Waals surface area (Å²) in [7, 11) is 0. The maximum absolute atomic E-state index is 11.9. The number of benzene rings is 1. The molecule has 0 saturated heterocycles. The van der Waals surface area contributed by atoms with E-state index in [1.54, 1.807) is 0 Å². The van der Waals surface area contributed by atoms with Gasteiger partial charge in [0.15, 0.2) is 0 Å². The zero-order valence-electron chi connectivity index (χ0n) is 10.8. The molecule has 2 aromatic rings. The fraction of sp³-hybridized carbons (Fsp3) is 0.214. The topological polar surface area (TPSA) is 84.2 Å². The summed E-state index contributed by atoms with van der Waals surface area (Å²) >= 11 is 0. The molecule has 0 saturated carbocycles. The Morgan fingerprint density at radius 1 is 1.20 bits per heavy atom. The Hall–Kier alpha value is -2.63. The lowest BCUT2D eigenvalue weighted by Gasteiger charge is -2.06. The number of hydrogen-bond donors (Lipinski definition) is 2. The summed E-state index contributed by atoms with van der Waals surface area (Å²) in [4.78, 5) is 22.6. The molecule has 104 valence electrons. The van der Waals surface area contributed by atoms with Crippen LogP contribution in [0.2, 0.25) is 0 Å². The summed E-state index contributed by atoms with van der Waals surface area (Å²) in [6.45, 7) is 0.162. The zero-order chi connectivity index (χ0) is 14.4. The molecule has 1 aromatic heterocycles. The largest absolute Gasteiger partial charge is 0.480 e. The van der Waals surface area contributed by atoms with Gasteiger partial charge in [-0.2, -0.15) is 5.10 Å². The van der Waals surface area contributed by atoms with E-state index >= 15 is 0 Å². The van der Waals surface area contributed by atoms with E-state index in [2.05, 4.69) is 10.4 Å². The van der Waals surface area contributed by atoms with Crippen LogP contribution in [0.1, 0.15) is 16.1 Å². The highest BCUT2D eigenvalue weighted by Crippen LogP contribution is 2.01. The van der Waals surface area contributed by atoms with Gasteiger partial charge in [-0.25, -0.2) is 4.68 Å². The van der Waals surface area contributed by atoms with Gasteiger partial charge in [0, 0.05) is 12.7 Å². The molecule has 6 nitrogen and oxygen atoms in total. The van der Waals surface area contributed by atoms with Crippen molar-refractivity contribution in [2.75, 3.05) is 6.54 Å². The van der Waals surface area contributed by atoms with Crippen molar-refractivity contribution in [1.29, 1.82) is 0 Å². The summed E-state index contributed by atoms with van der Waals surface area (Å²) in [5, 5.41) is 15.3. The third kappa shape index (κ3) is 3.68. The minimum atomic E-state index is -1.04. The standard InChI is InChI=1S/C14H15N3O3/c18-13(19)10-17-12(7-9-16-17)14(20)15-8-6-11-4-2-1-3-5-11/h1-5,7,9H,6,8,10H2,(H,15,20)(H,18,19). The van der Waals surface area contributed by atoms with Gasteiger partial charge in [-0.15, -0.1) is 0 Å². The van der Waals surface area contributed by atoms with E-state index in [9.17, 15) is 9.59 Å². The van der Waals surface area contributed by atoms with Crippen molar-refractivity contribution in [2.24, 2.45) is 0 Å². The minimum Gasteiger partial charge on any atom is -0.480 e. The number of amides is 1. The molecule has 0 unspecified atom stereocenters. The van der Waals surface area contributed by atoms with Gasteiger partial charge >= 0.3 is 5.97 Å². The molecule has 0 aliphatic heterocycles. The molecule has 0 spiro atoms. The highest BCUT2D eigenvalue weighted by molar-refractivity contribution is 5.92.